The fraction of sp³-hybridized carbons (Fsp3) is 0.316. The summed E-state index contributed by atoms with van der Waals surface area (Å²) in [5.74, 6) is 0.322. The normalized spacial score (nSPS) is 14.9. The highest BCUT2D eigenvalue weighted by Gasteiger charge is 2.27. The molecule has 2 heterocycles. The Labute approximate surface area is 162 Å². The van der Waals surface area contributed by atoms with Gasteiger partial charge < -0.3 is 10.2 Å². The van der Waals surface area contributed by atoms with Crippen LogP contribution in [0.5, 0.6) is 0 Å². The second-order valence-corrected chi connectivity index (χ2v) is 7.12. The molecule has 0 atom stereocenters. The molecule has 1 aliphatic heterocycles. The second kappa shape index (κ2) is 8.52. The molecule has 7 heteroatoms. The van der Waals surface area contributed by atoms with Crippen LogP contribution in [0.4, 0.5) is 5.82 Å². The van der Waals surface area contributed by atoms with Crippen LogP contribution in [0.1, 0.15) is 18.4 Å². The summed E-state index contributed by atoms with van der Waals surface area (Å²) in [6, 6.07) is 10.7. The molecule has 136 valence electrons. The molecular formula is C19H19Cl2N3O2. The fourth-order valence-corrected chi connectivity index (χ4v) is 3.30. The Balaban J connectivity index is 1.50. The molecule has 0 spiro atoms. The molecule has 5 nitrogen and oxygen atoms in total. The van der Waals surface area contributed by atoms with E-state index in [1.54, 1.807) is 23.1 Å². The summed E-state index contributed by atoms with van der Waals surface area (Å²) in [6.07, 6.45) is 3.04. The number of nitrogens with zero attached hydrogens (tertiary/aromatic N) is 2. The van der Waals surface area contributed by atoms with Gasteiger partial charge in [-0.25, -0.2) is 4.98 Å². The summed E-state index contributed by atoms with van der Waals surface area (Å²) in [5.41, 5.74) is 0.827. The molecule has 0 radical (unpaired) electrons. The van der Waals surface area contributed by atoms with E-state index in [9.17, 15) is 9.59 Å². The molecular weight excluding hydrogens is 373 g/mol. The molecule has 26 heavy (non-hydrogen) atoms. The standard InChI is InChI=1S/C19H19Cl2N3O2/c20-15-5-6-17(22-12-15)23-19(26)13-7-9-24(10-8-13)18(25)11-14-3-1-2-4-16(14)21/h1-6,12-13H,7-11H2,(H,22,23,26). The van der Waals surface area contributed by atoms with Crippen LogP contribution in [0.15, 0.2) is 42.6 Å². The van der Waals surface area contributed by atoms with Crippen molar-refractivity contribution in [3.05, 3.63) is 58.2 Å². The minimum atomic E-state index is -0.128. The first kappa shape index (κ1) is 18.7. The van der Waals surface area contributed by atoms with Crippen molar-refractivity contribution in [1.82, 2.24) is 9.88 Å². The molecule has 1 fully saturated rings. The van der Waals surface area contributed by atoms with Crippen molar-refractivity contribution < 1.29 is 9.59 Å². The molecule has 2 amide bonds. The highest BCUT2D eigenvalue weighted by molar-refractivity contribution is 6.31. The Morgan fingerprint density at radius 3 is 2.50 bits per heavy atom. The third-order valence-corrected chi connectivity index (χ3v) is 5.09. The maximum Gasteiger partial charge on any atom is 0.228 e. The van der Waals surface area contributed by atoms with Gasteiger partial charge in [0.25, 0.3) is 0 Å². The number of hydrogen-bond donors (Lipinski definition) is 1. The Bertz CT molecular complexity index is 788. The number of aromatic nitrogens is 1. The van der Waals surface area contributed by atoms with Crippen LogP contribution in [0.3, 0.4) is 0 Å². The van der Waals surface area contributed by atoms with Gasteiger partial charge in [0.1, 0.15) is 5.82 Å². The van der Waals surface area contributed by atoms with Crippen molar-refractivity contribution in [2.24, 2.45) is 5.92 Å². The van der Waals surface area contributed by atoms with Gasteiger partial charge in [0.05, 0.1) is 11.4 Å². The lowest BCUT2D eigenvalue weighted by molar-refractivity contribution is -0.133. The van der Waals surface area contributed by atoms with Crippen LogP contribution < -0.4 is 5.32 Å². The zero-order chi connectivity index (χ0) is 18.5. The summed E-state index contributed by atoms with van der Waals surface area (Å²) in [6.45, 7) is 1.13. The van der Waals surface area contributed by atoms with Gasteiger partial charge in [-0.05, 0) is 36.6 Å². The van der Waals surface area contributed by atoms with Crippen LogP contribution in [-0.4, -0.2) is 34.8 Å². The molecule has 1 aliphatic rings. The number of pyridine rings is 1. The smallest absolute Gasteiger partial charge is 0.228 e. The van der Waals surface area contributed by atoms with Crippen molar-refractivity contribution in [3.63, 3.8) is 0 Å². The van der Waals surface area contributed by atoms with Gasteiger partial charge >= 0.3 is 0 Å². The van der Waals surface area contributed by atoms with E-state index in [0.717, 1.165) is 5.56 Å². The van der Waals surface area contributed by atoms with Gasteiger partial charge in [0.15, 0.2) is 0 Å². The average Bonchev–Trinajstić information content (AvgIpc) is 2.65. The highest BCUT2D eigenvalue weighted by atomic mass is 35.5. The third-order valence-electron chi connectivity index (χ3n) is 4.50. The number of halogens is 2. The molecule has 0 aliphatic carbocycles. The van der Waals surface area contributed by atoms with E-state index >= 15 is 0 Å². The third kappa shape index (κ3) is 4.74. The first-order chi connectivity index (χ1) is 12.5. The van der Waals surface area contributed by atoms with E-state index in [1.165, 1.54) is 6.20 Å². The number of carbonyl (C=O) groups excluding carboxylic acids is 2. The minimum absolute atomic E-state index is 0.0383. The van der Waals surface area contributed by atoms with E-state index < -0.39 is 0 Å². The van der Waals surface area contributed by atoms with Gasteiger partial charge in [-0.15, -0.1) is 0 Å². The van der Waals surface area contributed by atoms with Crippen molar-refractivity contribution in [2.75, 3.05) is 18.4 Å². The first-order valence-corrected chi connectivity index (χ1v) is 9.22. The van der Waals surface area contributed by atoms with Crippen molar-refractivity contribution >= 4 is 40.8 Å². The summed E-state index contributed by atoms with van der Waals surface area (Å²) in [4.78, 5) is 30.7. The number of likely N-dealkylation sites (tertiary alicyclic amines) is 1. The lowest BCUT2D eigenvalue weighted by atomic mass is 9.95. The number of amides is 2. The maximum absolute atomic E-state index is 12.5. The lowest BCUT2D eigenvalue weighted by Gasteiger charge is -2.31. The summed E-state index contributed by atoms with van der Waals surface area (Å²) in [5, 5.41) is 3.92. The van der Waals surface area contributed by atoms with Gasteiger partial charge in [-0.1, -0.05) is 41.4 Å². The quantitative estimate of drug-likeness (QED) is 0.861. The van der Waals surface area contributed by atoms with Crippen LogP contribution in [0.2, 0.25) is 10.0 Å². The Morgan fingerprint density at radius 2 is 1.85 bits per heavy atom. The number of benzene rings is 1. The van der Waals surface area contributed by atoms with Crippen LogP contribution >= 0.6 is 23.2 Å². The Morgan fingerprint density at radius 1 is 1.12 bits per heavy atom. The zero-order valence-corrected chi connectivity index (χ0v) is 15.6. The number of nitrogens with one attached hydrogen (secondary N) is 1. The predicted molar refractivity (Wildman–Crippen MR) is 102 cm³/mol. The number of carbonyl (C=O) groups is 2. The lowest BCUT2D eigenvalue weighted by Crippen LogP contribution is -2.42. The van der Waals surface area contributed by atoms with Crippen LogP contribution in [-0.2, 0) is 16.0 Å². The van der Waals surface area contributed by atoms with Crippen molar-refractivity contribution in [1.29, 1.82) is 0 Å². The van der Waals surface area contributed by atoms with E-state index in [4.69, 9.17) is 23.2 Å². The van der Waals surface area contributed by atoms with Crippen LogP contribution in [0, 0.1) is 5.92 Å². The number of anilines is 1. The number of rotatable bonds is 4. The Kier molecular flexibility index (Phi) is 6.12. The van der Waals surface area contributed by atoms with Gasteiger partial charge in [0.2, 0.25) is 11.8 Å². The molecule has 1 saturated heterocycles. The SMILES string of the molecule is O=C(Nc1ccc(Cl)cn1)C1CCN(C(=O)Cc2ccccc2Cl)CC1. The average molecular weight is 392 g/mol. The van der Waals surface area contributed by atoms with E-state index in [-0.39, 0.29) is 24.2 Å². The first-order valence-electron chi connectivity index (χ1n) is 8.46. The number of hydrogen-bond acceptors (Lipinski definition) is 3. The molecule has 1 aromatic carbocycles. The highest BCUT2D eigenvalue weighted by Crippen LogP contribution is 2.22. The van der Waals surface area contributed by atoms with Gasteiger partial charge in [0, 0.05) is 30.2 Å². The van der Waals surface area contributed by atoms with Gasteiger partial charge in [-0.3, -0.25) is 9.59 Å². The molecule has 2 aromatic rings. The molecule has 1 aromatic heterocycles. The van der Waals surface area contributed by atoms with Crippen LogP contribution in [0.25, 0.3) is 0 Å². The maximum atomic E-state index is 12.5. The summed E-state index contributed by atoms with van der Waals surface area (Å²) >= 11 is 11.9. The predicted octanol–water partition coefficient (Wildman–Crippen LogP) is 3.81. The molecule has 0 bridgehead atoms. The molecule has 0 unspecified atom stereocenters. The topological polar surface area (TPSA) is 62.3 Å². The summed E-state index contributed by atoms with van der Waals surface area (Å²) in [7, 11) is 0. The largest absolute Gasteiger partial charge is 0.342 e. The zero-order valence-electron chi connectivity index (χ0n) is 14.1. The molecule has 0 saturated carbocycles. The van der Waals surface area contributed by atoms with E-state index in [2.05, 4.69) is 10.3 Å². The molecule has 1 N–H and O–H groups in total. The van der Waals surface area contributed by atoms with E-state index in [0.29, 0.717) is 41.8 Å². The van der Waals surface area contributed by atoms with E-state index in [1.807, 2.05) is 18.2 Å². The molecule has 3 rings (SSSR count). The van der Waals surface area contributed by atoms with Crippen molar-refractivity contribution in [3.8, 4) is 0 Å². The summed E-state index contributed by atoms with van der Waals surface area (Å²) < 4.78 is 0. The fourth-order valence-electron chi connectivity index (χ4n) is 2.99. The Hall–Kier alpha value is -2.11. The number of piperidine rings is 1. The van der Waals surface area contributed by atoms with Gasteiger partial charge in [-0.2, -0.15) is 0 Å². The van der Waals surface area contributed by atoms with Crippen molar-refractivity contribution in [2.45, 2.75) is 19.3 Å². The monoisotopic (exact) mass is 391 g/mol. The second-order valence-electron chi connectivity index (χ2n) is 6.27. The minimum Gasteiger partial charge on any atom is -0.342 e.